The van der Waals surface area contributed by atoms with Crippen molar-refractivity contribution < 1.29 is 13.2 Å². The van der Waals surface area contributed by atoms with Crippen LogP contribution in [0, 0.1) is 0 Å². The highest BCUT2D eigenvalue weighted by Crippen LogP contribution is 2.28. The standard InChI is InChI=1S/C17H21N3O3S2/c18-14(13-6-2-1-3-7-13)12-19-17(21)15-8-4-10-20(15)25(22,23)16-9-5-11-24-16/h1-3,5-7,9,11,14-15H,4,8,10,12,18H2,(H,19,21). The number of nitrogens with two attached hydrogens (primary N) is 1. The second-order valence-corrected chi connectivity index (χ2v) is 9.03. The summed E-state index contributed by atoms with van der Waals surface area (Å²) in [7, 11) is -3.62. The van der Waals surface area contributed by atoms with E-state index < -0.39 is 16.1 Å². The first kappa shape index (κ1) is 18.1. The molecule has 0 aliphatic carbocycles. The van der Waals surface area contributed by atoms with Gasteiger partial charge in [0.05, 0.1) is 0 Å². The van der Waals surface area contributed by atoms with Gasteiger partial charge in [0.15, 0.2) is 0 Å². The van der Waals surface area contributed by atoms with Gasteiger partial charge in [-0.25, -0.2) is 8.42 Å². The van der Waals surface area contributed by atoms with Gasteiger partial charge in [-0.2, -0.15) is 4.31 Å². The van der Waals surface area contributed by atoms with Gasteiger partial charge in [-0.05, 0) is 29.9 Å². The van der Waals surface area contributed by atoms with Gasteiger partial charge in [0.25, 0.3) is 10.0 Å². The number of nitrogens with one attached hydrogen (secondary N) is 1. The van der Waals surface area contributed by atoms with Crippen LogP contribution in [0.25, 0.3) is 0 Å². The van der Waals surface area contributed by atoms with Crippen LogP contribution in [-0.4, -0.2) is 37.8 Å². The molecule has 1 aromatic carbocycles. The first-order chi connectivity index (χ1) is 12.0. The maximum Gasteiger partial charge on any atom is 0.253 e. The second-order valence-electron chi connectivity index (χ2n) is 5.97. The van der Waals surface area contributed by atoms with Crippen LogP contribution in [-0.2, 0) is 14.8 Å². The molecule has 2 heterocycles. The van der Waals surface area contributed by atoms with Crippen molar-refractivity contribution >= 4 is 27.3 Å². The van der Waals surface area contributed by atoms with Crippen LogP contribution >= 0.6 is 11.3 Å². The van der Waals surface area contributed by atoms with E-state index >= 15 is 0 Å². The molecule has 1 aromatic heterocycles. The highest BCUT2D eigenvalue weighted by atomic mass is 32.2. The predicted molar refractivity (Wildman–Crippen MR) is 97.6 cm³/mol. The van der Waals surface area contributed by atoms with E-state index in [1.807, 2.05) is 30.3 Å². The van der Waals surface area contributed by atoms with Gasteiger partial charge >= 0.3 is 0 Å². The number of hydrogen-bond acceptors (Lipinski definition) is 5. The fourth-order valence-electron chi connectivity index (χ4n) is 2.96. The average Bonchev–Trinajstić information content (AvgIpc) is 3.31. The summed E-state index contributed by atoms with van der Waals surface area (Å²) in [6, 6.07) is 11.8. The van der Waals surface area contributed by atoms with Crippen LogP contribution in [0.2, 0.25) is 0 Å². The largest absolute Gasteiger partial charge is 0.353 e. The molecular weight excluding hydrogens is 358 g/mol. The number of rotatable bonds is 6. The van der Waals surface area contributed by atoms with Gasteiger partial charge in [0.1, 0.15) is 10.3 Å². The Morgan fingerprint density at radius 3 is 2.72 bits per heavy atom. The number of sulfonamides is 1. The Bertz CT molecular complexity index is 807. The first-order valence-electron chi connectivity index (χ1n) is 8.14. The predicted octanol–water partition coefficient (Wildman–Crippen LogP) is 1.72. The molecule has 2 unspecified atom stereocenters. The van der Waals surface area contributed by atoms with Crippen LogP contribution < -0.4 is 11.1 Å². The molecule has 25 heavy (non-hydrogen) atoms. The molecule has 0 saturated carbocycles. The normalized spacial score (nSPS) is 19.6. The van der Waals surface area contributed by atoms with Crippen LogP contribution in [0.3, 0.4) is 0 Å². The molecule has 0 radical (unpaired) electrons. The summed E-state index contributed by atoms with van der Waals surface area (Å²) in [5, 5.41) is 4.52. The minimum atomic E-state index is -3.62. The zero-order valence-corrected chi connectivity index (χ0v) is 15.3. The first-order valence-corrected chi connectivity index (χ1v) is 10.5. The number of benzene rings is 1. The highest BCUT2D eigenvalue weighted by Gasteiger charge is 2.39. The summed E-state index contributed by atoms with van der Waals surface area (Å²) in [6.07, 6.45) is 1.20. The van der Waals surface area contributed by atoms with Crippen molar-refractivity contribution in [1.82, 2.24) is 9.62 Å². The van der Waals surface area contributed by atoms with Crippen LogP contribution in [0.15, 0.2) is 52.1 Å². The maximum absolute atomic E-state index is 12.7. The van der Waals surface area contributed by atoms with Gasteiger partial charge < -0.3 is 11.1 Å². The van der Waals surface area contributed by atoms with Gasteiger partial charge in [0, 0.05) is 19.1 Å². The summed E-state index contributed by atoms with van der Waals surface area (Å²) in [6.45, 7) is 0.634. The van der Waals surface area contributed by atoms with Crippen LogP contribution in [0.4, 0.5) is 0 Å². The third kappa shape index (κ3) is 3.92. The van der Waals surface area contributed by atoms with E-state index in [4.69, 9.17) is 5.73 Å². The average molecular weight is 380 g/mol. The Morgan fingerprint density at radius 1 is 1.28 bits per heavy atom. The number of amides is 1. The van der Waals surface area contributed by atoms with Gasteiger partial charge in [0.2, 0.25) is 5.91 Å². The van der Waals surface area contributed by atoms with Crippen molar-refractivity contribution in [2.75, 3.05) is 13.1 Å². The monoisotopic (exact) mass is 379 g/mol. The Kier molecular flexibility index (Phi) is 5.53. The number of thiophene rings is 1. The molecule has 1 amide bonds. The van der Waals surface area contributed by atoms with Crippen LogP contribution in [0.1, 0.15) is 24.4 Å². The molecule has 2 atom stereocenters. The Hall–Kier alpha value is -1.74. The molecule has 1 aliphatic rings. The van der Waals surface area contributed by atoms with E-state index in [2.05, 4.69) is 5.32 Å². The highest BCUT2D eigenvalue weighted by molar-refractivity contribution is 7.91. The SMILES string of the molecule is NC(CNC(=O)C1CCCN1S(=O)(=O)c1cccs1)c1ccccc1. The third-order valence-electron chi connectivity index (χ3n) is 4.29. The van der Waals surface area contributed by atoms with E-state index in [1.54, 1.807) is 17.5 Å². The number of hydrogen-bond donors (Lipinski definition) is 2. The van der Waals surface area contributed by atoms with E-state index in [1.165, 1.54) is 4.31 Å². The number of carbonyl (C=O) groups is 1. The molecule has 3 N–H and O–H groups in total. The van der Waals surface area contributed by atoms with Crippen molar-refractivity contribution in [2.45, 2.75) is 29.1 Å². The van der Waals surface area contributed by atoms with Crippen molar-refractivity contribution in [1.29, 1.82) is 0 Å². The zero-order chi connectivity index (χ0) is 17.9. The fraction of sp³-hybridized carbons (Fsp3) is 0.353. The number of nitrogens with zero attached hydrogens (tertiary/aromatic N) is 1. The second kappa shape index (κ2) is 7.65. The van der Waals surface area contributed by atoms with E-state index in [-0.39, 0.29) is 22.7 Å². The van der Waals surface area contributed by atoms with Crippen molar-refractivity contribution in [3.8, 4) is 0 Å². The lowest BCUT2D eigenvalue weighted by atomic mass is 10.1. The Labute approximate surface area is 151 Å². The van der Waals surface area contributed by atoms with E-state index in [9.17, 15) is 13.2 Å². The van der Waals surface area contributed by atoms with Crippen LogP contribution in [0.5, 0.6) is 0 Å². The molecule has 8 heteroatoms. The molecule has 6 nitrogen and oxygen atoms in total. The smallest absolute Gasteiger partial charge is 0.253 e. The number of carbonyl (C=O) groups excluding carboxylic acids is 1. The lowest BCUT2D eigenvalue weighted by Gasteiger charge is -2.23. The quantitative estimate of drug-likeness (QED) is 0.799. The van der Waals surface area contributed by atoms with E-state index in [0.29, 0.717) is 19.4 Å². The van der Waals surface area contributed by atoms with Gasteiger partial charge in [-0.3, -0.25) is 4.79 Å². The van der Waals surface area contributed by atoms with Crippen molar-refractivity contribution in [2.24, 2.45) is 5.73 Å². The Balaban J connectivity index is 1.65. The van der Waals surface area contributed by atoms with Crippen molar-refractivity contribution in [3.63, 3.8) is 0 Å². The van der Waals surface area contributed by atoms with Gasteiger partial charge in [-0.1, -0.05) is 36.4 Å². The van der Waals surface area contributed by atoms with E-state index in [0.717, 1.165) is 16.9 Å². The lowest BCUT2D eigenvalue weighted by Crippen LogP contribution is -2.47. The third-order valence-corrected chi connectivity index (χ3v) is 7.57. The summed E-state index contributed by atoms with van der Waals surface area (Å²) < 4.78 is 27.0. The maximum atomic E-state index is 12.7. The van der Waals surface area contributed by atoms with Gasteiger partial charge in [-0.15, -0.1) is 11.3 Å². The summed E-state index contributed by atoms with van der Waals surface area (Å²) in [4.78, 5) is 12.5. The molecule has 2 aromatic rings. The molecule has 0 spiro atoms. The lowest BCUT2D eigenvalue weighted by molar-refractivity contribution is -0.124. The Morgan fingerprint density at radius 2 is 2.04 bits per heavy atom. The topological polar surface area (TPSA) is 92.5 Å². The molecule has 1 saturated heterocycles. The van der Waals surface area contributed by atoms with Crippen molar-refractivity contribution in [3.05, 3.63) is 53.4 Å². The molecule has 1 fully saturated rings. The summed E-state index contributed by atoms with van der Waals surface area (Å²) in [5.41, 5.74) is 7.02. The summed E-state index contributed by atoms with van der Waals surface area (Å²) >= 11 is 1.16. The molecule has 0 bridgehead atoms. The molecule has 3 rings (SSSR count). The zero-order valence-electron chi connectivity index (χ0n) is 13.7. The fourth-order valence-corrected chi connectivity index (χ4v) is 5.74. The molecule has 134 valence electrons. The minimum absolute atomic E-state index is 0.270. The summed E-state index contributed by atoms with van der Waals surface area (Å²) in [5.74, 6) is -0.288. The molecular formula is C17H21N3O3S2. The molecule has 1 aliphatic heterocycles. The minimum Gasteiger partial charge on any atom is -0.353 e.